The zero-order valence-electron chi connectivity index (χ0n) is 17.7. The lowest BCUT2D eigenvalue weighted by Crippen LogP contribution is -2.53. The van der Waals surface area contributed by atoms with Crippen LogP contribution in [0.1, 0.15) is 12.5 Å². The molecule has 4 aromatic rings. The van der Waals surface area contributed by atoms with Crippen LogP contribution in [0.25, 0.3) is 32.9 Å². The molecule has 2 aromatic heterocycles. The zero-order valence-corrected chi connectivity index (χ0v) is 19.2. The monoisotopic (exact) mass is 469 g/mol. The second kappa shape index (κ2) is 7.86. The molecule has 2 aromatic carbocycles. The van der Waals surface area contributed by atoms with E-state index in [2.05, 4.69) is 26.0 Å². The number of nitrogens with one attached hydrogen (secondary N) is 1. The third-order valence-corrected chi connectivity index (χ3v) is 7.30. The predicted octanol–water partition coefficient (Wildman–Crippen LogP) is 5.16. The van der Waals surface area contributed by atoms with Gasteiger partial charge in [0.2, 0.25) is 5.91 Å². The van der Waals surface area contributed by atoms with Gasteiger partial charge in [-0.1, -0.05) is 24.2 Å². The number of amides is 1. The van der Waals surface area contributed by atoms with Gasteiger partial charge in [-0.2, -0.15) is 9.47 Å². The summed E-state index contributed by atoms with van der Waals surface area (Å²) in [5.41, 5.74) is 3.10. The van der Waals surface area contributed by atoms with Crippen molar-refractivity contribution in [1.29, 1.82) is 0 Å². The minimum absolute atomic E-state index is 0.0553. The Morgan fingerprint density at radius 1 is 1.34 bits per heavy atom. The maximum absolute atomic E-state index is 15.9. The first-order valence-corrected chi connectivity index (χ1v) is 11.4. The number of aromatic nitrogens is 3. The molecule has 0 bridgehead atoms. The van der Waals surface area contributed by atoms with Crippen LogP contribution in [-0.2, 0) is 4.79 Å². The SMILES string of the molecule is C=CC(=O)N1CCN(c2snc3c(F)c(-c4c(C)ccc5[nH]ncc45)c(Cl)cc23)[C@@H](C)C1. The molecular formula is C23H21ClFN5OS. The highest BCUT2D eigenvalue weighted by Crippen LogP contribution is 2.44. The quantitative estimate of drug-likeness (QED) is 0.421. The Kier molecular flexibility index (Phi) is 5.14. The van der Waals surface area contributed by atoms with E-state index in [9.17, 15) is 4.79 Å². The number of piperazine rings is 1. The van der Waals surface area contributed by atoms with Gasteiger partial charge in [0.25, 0.3) is 0 Å². The van der Waals surface area contributed by atoms with Crippen molar-refractivity contribution in [1.82, 2.24) is 19.5 Å². The van der Waals surface area contributed by atoms with Crippen LogP contribution in [0.15, 0.2) is 37.1 Å². The fourth-order valence-corrected chi connectivity index (χ4v) is 5.76. The lowest BCUT2D eigenvalue weighted by atomic mass is 9.95. The Morgan fingerprint density at radius 3 is 2.91 bits per heavy atom. The maximum atomic E-state index is 15.9. The molecule has 0 radical (unpaired) electrons. The lowest BCUT2D eigenvalue weighted by molar-refractivity contribution is -0.126. The van der Waals surface area contributed by atoms with Crippen LogP contribution in [0.4, 0.5) is 9.39 Å². The van der Waals surface area contributed by atoms with E-state index in [-0.39, 0.29) is 11.9 Å². The van der Waals surface area contributed by atoms with Crippen molar-refractivity contribution < 1.29 is 9.18 Å². The van der Waals surface area contributed by atoms with Crippen molar-refractivity contribution in [3.63, 3.8) is 0 Å². The molecule has 1 atom stereocenters. The Morgan fingerprint density at radius 2 is 2.16 bits per heavy atom. The number of hydrogen-bond donors (Lipinski definition) is 1. The predicted molar refractivity (Wildman–Crippen MR) is 128 cm³/mol. The maximum Gasteiger partial charge on any atom is 0.246 e. The van der Waals surface area contributed by atoms with E-state index in [0.29, 0.717) is 41.1 Å². The summed E-state index contributed by atoms with van der Waals surface area (Å²) in [4.78, 5) is 15.9. The highest BCUT2D eigenvalue weighted by Gasteiger charge is 2.30. The number of carbonyl (C=O) groups excluding carboxylic acids is 1. The van der Waals surface area contributed by atoms with Crippen molar-refractivity contribution in [2.45, 2.75) is 19.9 Å². The van der Waals surface area contributed by atoms with E-state index in [1.165, 1.54) is 17.6 Å². The van der Waals surface area contributed by atoms with Crippen LogP contribution in [0.2, 0.25) is 5.02 Å². The summed E-state index contributed by atoms with van der Waals surface area (Å²) >= 11 is 7.95. The van der Waals surface area contributed by atoms with Gasteiger partial charge in [-0.25, -0.2) is 4.39 Å². The molecule has 164 valence electrons. The minimum Gasteiger partial charge on any atom is -0.355 e. The highest BCUT2D eigenvalue weighted by atomic mass is 35.5. The number of H-pyrrole nitrogens is 1. The number of anilines is 1. The highest BCUT2D eigenvalue weighted by molar-refractivity contribution is 7.11. The van der Waals surface area contributed by atoms with E-state index < -0.39 is 5.82 Å². The molecule has 0 saturated carbocycles. The van der Waals surface area contributed by atoms with Gasteiger partial charge in [0.05, 0.1) is 16.7 Å². The Labute approximate surface area is 193 Å². The number of benzene rings is 2. The molecule has 0 unspecified atom stereocenters. The van der Waals surface area contributed by atoms with Crippen LogP contribution in [0.5, 0.6) is 0 Å². The number of rotatable bonds is 3. The van der Waals surface area contributed by atoms with Crippen molar-refractivity contribution >= 4 is 55.8 Å². The van der Waals surface area contributed by atoms with E-state index in [4.69, 9.17) is 11.6 Å². The number of aromatic amines is 1. The molecule has 1 fully saturated rings. The summed E-state index contributed by atoms with van der Waals surface area (Å²) in [6, 6.07) is 5.71. The Bertz CT molecular complexity index is 1380. The molecule has 5 rings (SSSR count). The van der Waals surface area contributed by atoms with E-state index in [1.807, 2.05) is 26.0 Å². The first-order valence-electron chi connectivity index (χ1n) is 10.3. The second-order valence-electron chi connectivity index (χ2n) is 8.05. The van der Waals surface area contributed by atoms with E-state index >= 15 is 4.39 Å². The molecule has 32 heavy (non-hydrogen) atoms. The van der Waals surface area contributed by atoms with E-state index in [1.54, 1.807) is 17.2 Å². The lowest BCUT2D eigenvalue weighted by Gasteiger charge is -2.40. The Hall–Kier alpha value is -2.97. The third-order valence-electron chi connectivity index (χ3n) is 6.10. The fraction of sp³-hybridized carbons (Fsp3) is 0.261. The average molecular weight is 470 g/mol. The number of carbonyl (C=O) groups is 1. The van der Waals surface area contributed by atoms with Gasteiger partial charge in [0.1, 0.15) is 10.5 Å². The molecule has 1 aliphatic heterocycles. The van der Waals surface area contributed by atoms with E-state index in [0.717, 1.165) is 27.0 Å². The molecule has 1 aliphatic rings. The number of aryl methyl sites for hydroxylation is 1. The van der Waals surface area contributed by atoms with Gasteiger partial charge in [0.15, 0.2) is 5.82 Å². The van der Waals surface area contributed by atoms with Crippen molar-refractivity contribution in [3.8, 4) is 11.1 Å². The summed E-state index contributed by atoms with van der Waals surface area (Å²) in [7, 11) is 0. The third kappa shape index (κ3) is 3.17. The van der Waals surface area contributed by atoms with Crippen molar-refractivity contribution in [2.75, 3.05) is 24.5 Å². The smallest absolute Gasteiger partial charge is 0.246 e. The first kappa shape index (κ1) is 20.9. The summed E-state index contributed by atoms with van der Waals surface area (Å²) in [6.07, 6.45) is 3.03. The van der Waals surface area contributed by atoms with Crippen LogP contribution in [-0.4, -0.2) is 51.1 Å². The van der Waals surface area contributed by atoms with Crippen molar-refractivity contribution in [3.05, 3.63) is 53.5 Å². The van der Waals surface area contributed by atoms with Gasteiger partial charge >= 0.3 is 0 Å². The van der Waals surface area contributed by atoms with Crippen LogP contribution >= 0.6 is 23.1 Å². The molecule has 6 nitrogen and oxygen atoms in total. The standard InChI is InChI=1S/C23H21ClFN5OS/c1-4-18(31)29-7-8-30(13(3)11-29)23-14-9-16(24)20(21(25)22(14)28-32-23)19-12(2)5-6-17-15(19)10-26-27-17/h4-6,9-10,13H,1,7-8,11H2,2-3H3,(H,26,27)/t13-/m0/s1. The normalized spacial score (nSPS) is 16.8. The summed E-state index contributed by atoms with van der Waals surface area (Å²) in [5, 5.41) is 9.74. The molecule has 1 amide bonds. The van der Waals surface area contributed by atoms with Gasteiger partial charge in [-0.05, 0) is 49.2 Å². The van der Waals surface area contributed by atoms with Gasteiger partial charge in [-0.15, -0.1) is 0 Å². The van der Waals surface area contributed by atoms with Crippen LogP contribution in [0, 0.1) is 12.7 Å². The largest absolute Gasteiger partial charge is 0.355 e. The van der Waals surface area contributed by atoms with Crippen LogP contribution < -0.4 is 4.90 Å². The Balaban J connectivity index is 1.60. The molecule has 0 spiro atoms. The number of fused-ring (bicyclic) bond motifs is 2. The summed E-state index contributed by atoms with van der Waals surface area (Å²) in [5.74, 6) is -0.506. The van der Waals surface area contributed by atoms with Crippen LogP contribution in [0.3, 0.4) is 0 Å². The molecule has 0 aliphatic carbocycles. The molecule has 3 heterocycles. The minimum atomic E-state index is -0.431. The van der Waals surface area contributed by atoms with Crippen molar-refractivity contribution in [2.24, 2.45) is 0 Å². The number of nitrogens with zero attached hydrogens (tertiary/aromatic N) is 4. The first-order chi connectivity index (χ1) is 15.4. The molecule has 9 heteroatoms. The number of halogens is 2. The molecular weight excluding hydrogens is 449 g/mol. The number of hydrogen-bond acceptors (Lipinski definition) is 5. The fourth-order valence-electron chi connectivity index (χ4n) is 4.48. The summed E-state index contributed by atoms with van der Waals surface area (Å²) in [6.45, 7) is 9.32. The zero-order chi connectivity index (χ0) is 22.6. The molecule has 1 saturated heterocycles. The topological polar surface area (TPSA) is 65.1 Å². The second-order valence-corrected chi connectivity index (χ2v) is 9.21. The molecule has 1 N–H and O–H groups in total. The average Bonchev–Trinajstić information content (AvgIpc) is 3.42. The van der Waals surface area contributed by atoms with Gasteiger partial charge in [-0.3, -0.25) is 9.89 Å². The summed E-state index contributed by atoms with van der Waals surface area (Å²) < 4.78 is 20.3. The van der Waals surface area contributed by atoms with Gasteiger partial charge in [0, 0.05) is 47.6 Å². The van der Waals surface area contributed by atoms with Gasteiger partial charge < -0.3 is 9.80 Å².